The molecule has 1 aliphatic rings. The van der Waals surface area contributed by atoms with Crippen molar-refractivity contribution in [2.45, 2.75) is 38.4 Å². The molecule has 0 aliphatic carbocycles. The van der Waals surface area contributed by atoms with Gasteiger partial charge in [-0.05, 0) is 49.1 Å². The van der Waals surface area contributed by atoms with Crippen molar-refractivity contribution in [2.24, 2.45) is 0 Å². The number of likely N-dealkylation sites (tertiary alicyclic amines) is 1. The molecule has 3 rings (SSSR count). The number of halogens is 1. The molecule has 0 radical (unpaired) electrons. The number of aromatic nitrogens is 1. The third-order valence-corrected chi connectivity index (χ3v) is 4.44. The van der Waals surface area contributed by atoms with E-state index in [1.807, 2.05) is 29.2 Å². The Morgan fingerprint density at radius 3 is 3.00 bits per heavy atom. The Labute approximate surface area is 147 Å². The summed E-state index contributed by atoms with van der Waals surface area (Å²) >= 11 is 0. The standard InChI is InChI=1S/C20H23FN2O2/c21-17-6-3-5-16(13-17)9-10-20(24)23-12-4-8-19(14-23)25-15-18-7-1-2-11-22-18/h1-3,5-7,11,13,19H,4,8-10,12,14-15H2. The quantitative estimate of drug-likeness (QED) is 0.808. The van der Waals surface area contributed by atoms with Crippen LogP contribution < -0.4 is 0 Å². The molecular formula is C20H23FN2O2. The number of carbonyl (C=O) groups is 1. The molecule has 1 saturated heterocycles. The molecule has 0 spiro atoms. The van der Waals surface area contributed by atoms with Gasteiger partial charge in [0.15, 0.2) is 0 Å². The highest BCUT2D eigenvalue weighted by atomic mass is 19.1. The summed E-state index contributed by atoms with van der Waals surface area (Å²) in [5.74, 6) is -0.152. The maximum atomic E-state index is 13.2. The predicted octanol–water partition coefficient (Wildman–Crippen LogP) is 3.36. The third kappa shape index (κ3) is 5.36. The van der Waals surface area contributed by atoms with Crippen molar-refractivity contribution >= 4 is 5.91 Å². The molecule has 0 N–H and O–H groups in total. The average molecular weight is 342 g/mol. The van der Waals surface area contributed by atoms with Crippen LogP contribution in [-0.4, -0.2) is 35.0 Å². The lowest BCUT2D eigenvalue weighted by molar-refractivity contribution is -0.135. The normalized spacial score (nSPS) is 17.5. The molecule has 1 aliphatic heterocycles. The number of benzene rings is 1. The maximum Gasteiger partial charge on any atom is 0.222 e. The summed E-state index contributed by atoms with van der Waals surface area (Å²) in [7, 11) is 0. The fraction of sp³-hybridized carbons (Fsp3) is 0.400. The summed E-state index contributed by atoms with van der Waals surface area (Å²) in [5.41, 5.74) is 1.75. The minimum absolute atomic E-state index is 0.0499. The zero-order valence-corrected chi connectivity index (χ0v) is 14.2. The smallest absolute Gasteiger partial charge is 0.222 e. The van der Waals surface area contributed by atoms with Gasteiger partial charge >= 0.3 is 0 Å². The van der Waals surface area contributed by atoms with Crippen LogP contribution in [0.4, 0.5) is 4.39 Å². The molecule has 2 heterocycles. The van der Waals surface area contributed by atoms with Gasteiger partial charge in [-0.25, -0.2) is 4.39 Å². The molecule has 25 heavy (non-hydrogen) atoms. The van der Waals surface area contributed by atoms with E-state index in [9.17, 15) is 9.18 Å². The largest absolute Gasteiger partial charge is 0.370 e. The number of hydrogen-bond acceptors (Lipinski definition) is 3. The van der Waals surface area contributed by atoms with Crippen LogP contribution in [0, 0.1) is 5.82 Å². The lowest BCUT2D eigenvalue weighted by Gasteiger charge is -2.32. The Hall–Kier alpha value is -2.27. The van der Waals surface area contributed by atoms with E-state index < -0.39 is 0 Å². The zero-order valence-electron chi connectivity index (χ0n) is 14.2. The van der Waals surface area contributed by atoms with Crippen LogP contribution in [0.1, 0.15) is 30.5 Å². The second-order valence-electron chi connectivity index (χ2n) is 6.37. The summed E-state index contributed by atoms with van der Waals surface area (Å²) in [6.07, 6.45) is 4.66. The summed E-state index contributed by atoms with van der Waals surface area (Å²) in [4.78, 5) is 18.6. The van der Waals surface area contributed by atoms with E-state index >= 15 is 0 Å². The SMILES string of the molecule is O=C(CCc1cccc(F)c1)N1CCCC(OCc2ccccn2)C1. The van der Waals surface area contributed by atoms with Crippen LogP contribution in [0.15, 0.2) is 48.7 Å². The maximum absolute atomic E-state index is 13.2. The van der Waals surface area contributed by atoms with Crippen molar-refractivity contribution in [2.75, 3.05) is 13.1 Å². The number of hydrogen-bond donors (Lipinski definition) is 0. The first kappa shape index (κ1) is 17.5. The molecule has 132 valence electrons. The fourth-order valence-electron chi connectivity index (χ4n) is 3.09. The van der Waals surface area contributed by atoms with Gasteiger partial charge in [-0.2, -0.15) is 0 Å². The number of rotatable bonds is 6. The van der Waals surface area contributed by atoms with Gasteiger partial charge in [0.1, 0.15) is 5.82 Å². The fourth-order valence-corrected chi connectivity index (χ4v) is 3.09. The summed E-state index contributed by atoms with van der Waals surface area (Å²) in [5, 5.41) is 0. The molecule has 1 amide bonds. The van der Waals surface area contributed by atoms with E-state index in [0.717, 1.165) is 30.6 Å². The molecule has 4 nitrogen and oxygen atoms in total. The van der Waals surface area contributed by atoms with Crippen LogP contribution in [0.25, 0.3) is 0 Å². The molecule has 1 fully saturated rings. The monoisotopic (exact) mass is 342 g/mol. The number of ether oxygens (including phenoxy) is 1. The van der Waals surface area contributed by atoms with E-state index in [0.29, 0.717) is 26.0 Å². The lowest BCUT2D eigenvalue weighted by Crippen LogP contribution is -2.43. The van der Waals surface area contributed by atoms with Crippen LogP contribution >= 0.6 is 0 Å². The third-order valence-electron chi connectivity index (χ3n) is 4.44. The first-order valence-electron chi connectivity index (χ1n) is 8.74. The highest BCUT2D eigenvalue weighted by Gasteiger charge is 2.24. The van der Waals surface area contributed by atoms with Gasteiger partial charge in [-0.15, -0.1) is 0 Å². The van der Waals surface area contributed by atoms with Crippen LogP contribution in [0.2, 0.25) is 0 Å². The van der Waals surface area contributed by atoms with Crippen LogP contribution in [0.5, 0.6) is 0 Å². The van der Waals surface area contributed by atoms with E-state index in [1.165, 1.54) is 12.1 Å². The van der Waals surface area contributed by atoms with E-state index in [-0.39, 0.29) is 17.8 Å². The van der Waals surface area contributed by atoms with Gasteiger partial charge in [0.2, 0.25) is 5.91 Å². The highest BCUT2D eigenvalue weighted by Crippen LogP contribution is 2.16. The molecule has 2 aromatic rings. The van der Waals surface area contributed by atoms with Crippen molar-refractivity contribution in [1.29, 1.82) is 0 Å². The molecule has 0 bridgehead atoms. The Morgan fingerprint density at radius 1 is 1.28 bits per heavy atom. The Morgan fingerprint density at radius 2 is 2.20 bits per heavy atom. The highest BCUT2D eigenvalue weighted by molar-refractivity contribution is 5.76. The van der Waals surface area contributed by atoms with E-state index in [2.05, 4.69) is 4.98 Å². The van der Waals surface area contributed by atoms with Crippen molar-refractivity contribution in [3.63, 3.8) is 0 Å². The van der Waals surface area contributed by atoms with Crippen LogP contribution in [0.3, 0.4) is 0 Å². The number of aryl methyl sites for hydroxylation is 1. The molecule has 5 heteroatoms. The van der Waals surface area contributed by atoms with Gasteiger partial charge in [0.05, 0.1) is 18.4 Å². The van der Waals surface area contributed by atoms with Gasteiger partial charge in [0.25, 0.3) is 0 Å². The van der Waals surface area contributed by atoms with Crippen molar-refractivity contribution in [1.82, 2.24) is 9.88 Å². The van der Waals surface area contributed by atoms with E-state index in [4.69, 9.17) is 4.74 Å². The second-order valence-corrected chi connectivity index (χ2v) is 6.37. The molecule has 1 aromatic carbocycles. The number of pyridine rings is 1. The molecule has 1 unspecified atom stereocenters. The van der Waals surface area contributed by atoms with Crippen LogP contribution in [-0.2, 0) is 22.6 Å². The Balaban J connectivity index is 1.46. The van der Waals surface area contributed by atoms with Gasteiger partial charge in [0, 0.05) is 25.7 Å². The van der Waals surface area contributed by atoms with E-state index in [1.54, 1.807) is 12.3 Å². The molecule has 0 saturated carbocycles. The first-order chi connectivity index (χ1) is 12.2. The first-order valence-corrected chi connectivity index (χ1v) is 8.74. The number of piperidine rings is 1. The molecule has 1 aromatic heterocycles. The Bertz CT molecular complexity index is 693. The number of carbonyl (C=O) groups excluding carboxylic acids is 1. The molecule has 1 atom stereocenters. The summed E-state index contributed by atoms with van der Waals surface area (Å²) in [6, 6.07) is 12.2. The summed E-state index contributed by atoms with van der Waals surface area (Å²) in [6.45, 7) is 1.86. The zero-order chi connectivity index (χ0) is 17.5. The van der Waals surface area contributed by atoms with Gasteiger partial charge in [-0.3, -0.25) is 9.78 Å². The predicted molar refractivity (Wildman–Crippen MR) is 93.3 cm³/mol. The van der Waals surface area contributed by atoms with Crippen molar-refractivity contribution in [3.05, 3.63) is 65.7 Å². The van der Waals surface area contributed by atoms with Crippen molar-refractivity contribution in [3.8, 4) is 0 Å². The topological polar surface area (TPSA) is 42.4 Å². The van der Waals surface area contributed by atoms with Gasteiger partial charge < -0.3 is 9.64 Å². The number of nitrogens with zero attached hydrogens (tertiary/aromatic N) is 2. The second kappa shape index (κ2) is 8.72. The Kier molecular flexibility index (Phi) is 6.12. The van der Waals surface area contributed by atoms with Crippen molar-refractivity contribution < 1.29 is 13.9 Å². The average Bonchev–Trinajstić information content (AvgIpc) is 2.65. The number of amides is 1. The summed E-state index contributed by atoms with van der Waals surface area (Å²) < 4.78 is 19.1. The molecular weight excluding hydrogens is 319 g/mol. The minimum atomic E-state index is -0.258. The lowest BCUT2D eigenvalue weighted by atomic mass is 10.1. The van der Waals surface area contributed by atoms with Gasteiger partial charge in [-0.1, -0.05) is 18.2 Å². The minimum Gasteiger partial charge on any atom is -0.370 e.